The first-order valence-electron chi connectivity index (χ1n) is 6.54. The van der Waals surface area contributed by atoms with Gasteiger partial charge in [-0.15, -0.1) is 0 Å². The summed E-state index contributed by atoms with van der Waals surface area (Å²) in [5.74, 6) is 0.636. The van der Waals surface area contributed by atoms with E-state index in [9.17, 15) is 4.79 Å². The molecule has 0 aromatic carbocycles. The van der Waals surface area contributed by atoms with E-state index in [1.54, 1.807) is 42.9 Å². The third-order valence-corrected chi connectivity index (χ3v) is 2.85. The van der Waals surface area contributed by atoms with Crippen LogP contribution in [0.3, 0.4) is 0 Å². The molecule has 0 aliphatic heterocycles. The number of pyridine rings is 2. The molecule has 1 N–H and O–H groups in total. The van der Waals surface area contributed by atoms with Crippen LogP contribution in [-0.2, 0) is 0 Å². The van der Waals surface area contributed by atoms with E-state index >= 15 is 0 Å². The summed E-state index contributed by atoms with van der Waals surface area (Å²) in [6.07, 6.45) is 5.68. The van der Waals surface area contributed by atoms with E-state index in [0.717, 1.165) is 6.42 Å². The molecule has 20 heavy (non-hydrogen) atoms. The third kappa shape index (κ3) is 3.54. The van der Waals surface area contributed by atoms with E-state index in [1.807, 2.05) is 13.8 Å². The van der Waals surface area contributed by atoms with Gasteiger partial charge in [0.1, 0.15) is 11.3 Å². The van der Waals surface area contributed by atoms with Crippen LogP contribution in [-0.4, -0.2) is 21.9 Å². The van der Waals surface area contributed by atoms with E-state index in [-0.39, 0.29) is 17.8 Å². The number of ether oxygens (including phenoxy) is 1. The lowest BCUT2D eigenvalue weighted by atomic mass is 10.2. The minimum absolute atomic E-state index is 0.106. The van der Waals surface area contributed by atoms with E-state index < -0.39 is 0 Å². The molecule has 2 aromatic rings. The Kier molecular flexibility index (Phi) is 4.65. The van der Waals surface area contributed by atoms with Crippen LogP contribution in [0.1, 0.15) is 30.6 Å². The van der Waals surface area contributed by atoms with Gasteiger partial charge in [0.05, 0.1) is 6.20 Å². The van der Waals surface area contributed by atoms with Crippen molar-refractivity contribution in [3.8, 4) is 11.6 Å². The second-order valence-corrected chi connectivity index (χ2v) is 4.43. The second kappa shape index (κ2) is 6.65. The Labute approximate surface area is 118 Å². The largest absolute Gasteiger partial charge is 0.437 e. The molecule has 1 atom stereocenters. The van der Waals surface area contributed by atoms with Crippen molar-refractivity contribution in [2.45, 2.75) is 26.3 Å². The molecule has 0 radical (unpaired) electrons. The topological polar surface area (TPSA) is 64.1 Å². The van der Waals surface area contributed by atoms with Crippen LogP contribution in [0.5, 0.6) is 11.6 Å². The molecule has 1 amide bonds. The summed E-state index contributed by atoms with van der Waals surface area (Å²) in [7, 11) is 0. The highest BCUT2D eigenvalue weighted by Crippen LogP contribution is 2.21. The maximum absolute atomic E-state index is 12.2. The maximum Gasteiger partial charge on any atom is 0.256 e. The van der Waals surface area contributed by atoms with E-state index in [0.29, 0.717) is 11.3 Å². The number of carbonyl (C=O) groups excluding carboxylic acids is 1. The Bertz CT molecular complexity index is 572. The fraction of sp³-hybridized carbons (Fsp3) is 0.267. The Hall–Kier alpha value is -2.43. The standard InChI is InChI=1S/C15H17N3O2/c1-3-11(2)18-14(19)13-7-5-9-17-15(13)20-12-6-4-8-16-10-12/h4-11H,3H2,1-2H3,(H,18,19)/t11-/m1/s1. The molecule has 0 saturated heterocycles. The van der Waals surface area contributed by atoms with Gasteiger partial charge in [-0.1, -0.05) is 6.92 Å². The van der Waals surface area contributed by atoms with Gasteiger partial charge in [0.2, 0.25) is 5.88 Å². The lowest BCUT2D eigenvalue weighted by molar-refractivity contribution is 0.0936. The van der Waals surface area contributed by atoms with Gasteiger partial charge in [0, 0.05) is 18.4 Å². The number of nitrogens with one attached hydrogen (secondary N) is 1. The summed E-state index contributed by atoms with van der Waals surface area (Å²) in [6, 6.07) is 7.03. The lowest BCUT2D eigenvalue weighted by Crippen LogP contribution is -2.32. The summed E-state index contributed by atoms with van der Waals surface area (Å²) < 4.78 is 5.61. The number of rotatable bonds is 5. The highest BCUT2D eigenvalue weighted by atomic mass is 16.5. The Morgan fingerprint density at radius 3 is 2.85 bits per heavy atom. The van der Waals surface area contributed by atoms with Crippen LogP contribution in [0.4, 0.5) is 0 Å². The Balaban J connectivity index is 2.20. The molecule has 5 heteroatoms. The van der Waals surface area contributed by atoms with E-state index in [1.165, 1.54) is 0 Å². The maximum atomic E-state index is 12.2. The number of amides is 1. The smallest absolute Gasteiger partial charge is 0.256 e. The fourth-order valence-electron chi connectivity index (χ4n) is 1.57. The number of carbonyl (C=O) groups is 1. The minimum atomic E-state index is -0.189. The average Bonchev–Trinajstić information content (AvgIpc) is 2.48. The van der Waals surface area contributed by atoms with Gasteiger partial charge >= 0.3 is 0 Å². The molecule has 0 bridgehead atoms. The van der Waals surface area contributed by atoms with Crippen molar-refractivity contribution in [3.05, 3.63) is 48.4 Å². The second-order valence-electron chi connectivity index (χ2n) is 4.43. The summed E-state index contributed by atoms with van der Waals surface area (Å²) in [5, 5.41) is 2.90. The molecule has 0 saturated carbocycles. The van der Waals surface area contributed by atoms with Crippen molar-refractivity contribution in [1.29, 1.82) is 0 Å². The summed E-state index contributed by atoms with van der Waals surface area (Å²) >= 11 is 0. The minimum Gasteiger partial charge on any atom is -0.437 e. The van der Waals surface area contributed by atoms with Gasteiger partial charge in [0.15, 0.2) is 0 Å². The summed E-state index contributed by atoms with van der Waals surface area (Å²) in [4.78, 5) is 20.3. The van der Waals surface area contributed by atoms with Crippen LogP contribution in [0.25, 0.3) is 0 Å². The summed E-state index contributed by atoms with van der Waals surface area (Å²) in [5.41, 5.74) is 0.414. The van der Waals surface area contributed by atoms with Crippen LogP contribution in [0.15, 0.2) is 42.9 Å². The Morgan fingerprint density at radius 1 is 1.35 bits per heavy atom. The Morgan fingerprint density at radius 2 is 2.15 bits per heavy atom. The molecule has 0 unspecified atom stereocenters. The molecule has 0 fully saturated rings. The molecule has 0 aliphatic rings. The van der Waals surface area contributed by atoms with Crippen LogP contribution < -0.4 is 10.1 Å². The average molecular weight is 271 g/mol. The zero-order valence-electron chi connectivity index (χ0n) is 11.5. The van der Waals surface area contributed by atoms with Crippen LogP contribution in [0.2, 0.25) is 0 Å². The van der Waals surface area contributed by atoms with Crippen LogP contribution >= 0.6 is 0 Å². The third-order valence-electron chi connectivity index (χ3n) is 2.85. The van der Waals surface area contributed by atoms with Gasteiger partial charge in [-0.3, -0.25) is 9.78 Å². The van der Waals surface area contributed by atoms with E-state index in [4.69, 9.17) is 4.74 Å². The molecule has 2 rings (SSSR count). The van der Waals surface area contributed by atoms with Crippen molar-refractivity contribution in [2.75, 3.05) is 0 Å². The highest BCUT2D eigenvalue weighted by molar-refractivity contribution is 5.96. The number of aromatic nitrogens is 2. The van der Waals surface area contributed by atoms with Crippen molar-refractivity contribution in [3.63, 3.8) is 0 Å². The summed E-state index contributed by atoms with van der Waals surface area (Å²) in [6.45, 7) is 3.97. The van der Waals surface area contributed by atoms with Crippen LogP contribution in [0, 0.1) is 0 Å². The van der Waals surface area contributed by atoms with Gasteiger partial charge in [0.25, 0.3) is 5.91 Å². The van der Waals surface area contributed by atoms with Gasteiger partial charge in [-0.25, -0.2) is 4.98 Å². The first-order valence-corrected chi connectivity index (χ1v) is 6.54. The number of nitrogens with zero attached hydrogens (tertiary/aromatic N) is 2. The number of hydrogen-bond acceptors (Lipinski definition) is 4. The first-order chi connectivity index (χ1) is 9.70. The predicted molar refractivity (Wildman–Crippen MR) is 75.8 cm³/mol. The quantitative estimate of drug-likeness (QED) is 0.908. The normalized spacial score (nSPS) is 11.7. The van der Waals surface area contributed by atoms with Crippen molar-refractivity contribution >= 4 is 5.91 Å². The molecule has 0 spiro atoms. The molecular weight excluding hydrogens is 254 g/mol. The van der Waals surface area contributed by atoms with E-state index in [2.05, 4.69) is 15.3 Å². The predicted octanol–water partition coefficient (Wildman–Crippen LogP) is 2.80. The molecule has 5 nitrogen and oxygen atoms in total. The molecule has 0 aliphatic carbocycles. The molecule has 2 heterocycles. The van der Waals surface area contributed by atoms with Crippen molar-refractivity contribution in [1.82, 2.24) is 15.3 Å². The molecular formula is C15H17N3O2. The molecule has 104 valence electrons. The zero-order chi connectivity index (χ0) is 14.4. The fourth-order valence-corrected chi connectivity index (χ4v) is 1.57. The molecule has 2 aromatic heterocycles. The highest BCUT2D eigenvalue weighted by Gasteiger charge is 2.15. The van der Waals surface area contributed by atoms with Gasteiger partial charge in [-0.05, 0) is 37.6 Å². The lowest BCUT2D eigenvalue weighted by Gasteiger charge is -2.13. The monoisotopic (exact) mass is 271 g/mol. The zero-order valence-corrected chi connectivity index (χ0v) is 11.5. The first kappa shape index (κ1) is 14.0. The van der Waals surface area contributed by atoms with Gasteiger partial charge < -0.3 is 10.1 Å². The SMILES string of the molecule is CC[C@@H](C)NC(=O)c1cccnc1Oc1cccnc1. The number of hydrogen-bond donors (Lipinski definition) is 1. The van der Waals surface area contributed by atoms with Crippen molar-refractivity contribution < 1.29 is 9.53 Å². The van der Waals surface area contributed by atoms with Crippen molar-refractivity contribution in [2.24, 2.45) is 0 Å². The van der Waals surface area contributed by atoms with Gasteiger partial charge in [-0.2, -0.15) is 0 Å².